The van der Waals surface area contributed by atoms with Crippen LogP contribution >= 0.6 is 0 Å². The van der Waals surface area contributed by atoms with Gasteiger partial charge in [0.1, 0.15) is 11.4 Å². The minimum absolute atomic E-state index is 0.104. The predicted molar refractivity (Wildman–Crippen MR) is 111 cm³/mol. The molecule has 29 heavy (non-hydrogen) atoms. The highest BCUT2D eigenvalue weighted by atomic mass is 16.2. The van der Waals surface area contributed by atoms with Gasteiger partial charge in [-0.2, -0.15) is 5.10 Å². The van der Waals surface area contributed by atoms with Crippen molar-refractivity contribution in [1.29, 1.82) is 0 Å². The molecular formula is C22H25N5O2. The highest BCUT2D eigenvalue weighted by Gasteiger charge is 2.29. The molecule has 0 unspecified atom stereocenters. The second kappa shape index (κ2) is 8.43. The van der Waals surface area contributed by atoms with Crippen molar-refractivity contribution < 1.29 is 4.79 Å². The van der Waals surface area contributed by atoms with Crippen LogP contribution in [0.2, 0.25) is 0 Å². The lowest BCUT2D eigenvalue weighted by Crippen LogP contribution is -2.45. The third kappa shape index (κ3) is 4.29. The van der Waals surface area contributed by atoms with Crippen LogP contribution < -0.4 is 5.56 Å². The molecule has 7 heteroatoms. The van der Waals surface area contributed by atoms with E-state index in [1.165, 1.54) is 6.20 Å². The van der Waals surface area contributed by atoms with E-state index in [2.05, 4.69) is 15.1 Å². The Kier molecular flexibility index (Phi) is 5.55. The number of carbonyl (C=O) groups excluding carboxylic acids is 1. The van der Waals surface area contributed by atoms with E-state index in [1.54, 1.807) is 6.20 Å². The second-order valence-corrected chi connectivity index (χ2v) is 7.55. The Morgan fingerprint density at radius 2 is 2.07 bits per heavy atom. The quantitative estimate of drug-likeness (QED) is 0.725. The average molecular weight is 391 g/mol. The Morgan fingerprint density at radius 1 is 1.24 bits per heavy atom. The maximum atomic E-state index is 13.1. The van der Waals surface area contributed by atoms with E-state index in [-0.39, 0.29) is 17.5 Å². The van der Waals surface area contributed by atoms with Crippen LogP contribution in [-0.4, -0.2) is 43.1 Å². The third-order valence-electron chi connectivity index (χ3n) is 5.49. The zero-order valence-electron chi connectivity index (χ0n) is 16.5. The molecule has 1 aliphatic rings. The van der Waals surface area contributed by atoms with Gasteiger partial charge < -0.3 is 9.88 Å². The van der Waals surface area contributed by atoms with Gasteiger partial charge in [-0.25, -0.2) is 4.98 Å². The van der Waals surface area contributed by atoms with Crippen molar-refractivity contribution in [1.82, 2.24) is 24.6 Å². The summed E-state index contributed by atoms with van der Waals surface area (Å²) in [7, 11) is 0. The Hall–Kier alpha value is -3.22. The molecule has 0 saturated carbocycles. The number of rotatable bonds is 5. The van der Waals surface area contributed by atoms with Gasteiger partial charge >= 0.3 is 0 Å². The number of hydrogen-bond donors (Lipinski definition) is 1. The zero-order valence-corrected chi connectivity index (χ0v) is 16.5. The van der Waals surface area contributed by atoms with Crippen LogP contribution in [0, 0.1) is 6.92 Å². The van der Waals surface area contributed by atoms with Gasteiger partial charge in [-0.1, -0.05) is 29.8 Å². The molecule has 1 saturated heterocycles. The normalized spacial score (nSPS) is 16.7. The number of likely N-dealkylation sites (tertiary alicyclic amines) is 1. The smallest absolute Gasteiger partial charge is 0.264 e. The lowest BCUT2D eigenvalue weighted by Gasteiger charge is -2.35. The fourth-order valence-electron chi connectivity index (χ4n) is 3.84. The monoisotopic (exact) mass is 391 g/mol. The standard InChI is InChI=1S/C22H25N5O2/c1-16-6-8-17(9-7-16)20-23-15-19(21(28)25-20)22(29)27-13-3-2-5-18(27)10-14-26-12-4-11-24-26/h4,6-9,11-12,15,18H,2-3,5,10,13-14H2,1H3,(H,23,25,28)/t18-/m1/s1. The summed E-state index contributed by atoms with van der Waals surface area (Å²) >= 11 is 0. The molecule has 1 aliphatic heterocycles. The fraction of sp³-hybridized carbons (Fsp3) is 0.364. The van der Waals surface area contributed by atoms with E-state index < -0.39 is 5.56 Å². The molecule has 150 valence electrons. The first-order chi connectivity index (χ1) is 14.1. The molecule has 3 aromatic rings. The second-order valence-electron chi connectivity index (χ2n) is 7.55. The van der Waals surface area contributed by atoms with Crippen LogP contribution in [0.25, 0.3) is 11.4 Å². The first-order valence-electron chi connectivity index (χ1n) is 10.1. The SMILES string of the molecule is Cc1ccc(-c2ncc(C(=O)N3CCCC[C@@H]3CCn3cccn3)c(=O)[nH]2)cc1. The average Bonchev–Trinajstić information content (AvgIpc) is 3.26. The van der Waals surface area contributed by atoms with E-state index in [4.69, 9.17) is 0 Å². The van der Waals surface area contributed by atoms with Crippen LogP contribution in [0.15, 0.2) is 53.7 Å². The molecule has 1 amide bonds. The topological polar surface area (TPSA) is 83.9 Å². The highest BCUT2D eigenvalue weighted by molar-refractivity contribution is 5.94. The summed E-state index contributed by atoms with van der Waals surface area (Å²) < 4.78 is 1.88. The fourth-order valence-corrected chi connectivity index (χ4v) is 3.84. The summed E-state index contributed by atoms with van der Waals surface area (Å²) in [5, 5.41) is 4.23. The van der Waals surface area contributed by atoms with Crippen LogP contribution in [0.1, 0.15) is 41.6 Å². The first-order valence-corrected chi connectivity index (χ1v) is 10.1. The highest BCUT2D eigenvalue weighted by Crippen LogP contribution is 2.22. The van der Waals surface area contributed by atoms with Gasteiger partial charge in [-0.05, 0) is 38.7 Å². The molecule has 1 aromatic carbocycles. The largest absolute Gasteiger partial charge is 0.335 e. The van der Waals surface area contributed by atoms with Crippen LogP contribution in [0.4, 0.5) is 0 Å². The number of aromatic amines is 1. The molecule has 4 rings (SSSR count). The molecule has 1 fully saturated rings. The van der Waals surface area contributed by atoms with E-state index >= 15 is 0 Å². The first kappa shape index (κ1) is 19.1. The van der Waals surface area contributed by atoms with Crippen molar-refractivity contribution in [2.24, 2.45) is 0 Å². The van der Waals surface area contributed by atoms with Crippen LogP contribution in [0.5, 0.6) is 0 Å². The minimum Gasteiger partial charge on any atom is -0.335 e. The molecule has 7 nitrogen and oxygen atoms in total. The Labute approximate surface area is 169 Å². The number of benzene rings is 1. The maximum Gasteiger partial charge on any atom is 0.264 e. The van der Waals surface area contributed by atoms with Crippen molar-refractivity contribution in [3.05, 3.63) is 70.4 Å². The number of carbonyl (C=O) groups is 1. The number of amides is 1. The van der Waals surface area contributed by atoms with Crippen LogP contribution in [0.3, 0.4) is 0 Å². The molecule has 0 spiro atoms. The molecule has 0 radical (unpaired) electrons. The summed E-state index contributed by atoms with van der Waals surface area (Å²) in [5.74, 6) is 0.236. The Balaban J connectivity index is 1.52. The van der Waals surface area contributed by atoms with Crippen molar-refractivity contribution in [3.63, 3.8) is 0 Å². The summed E-state index contributed by atoms with van der Waals surface area (Å²) in [5.41, 5.74) is 1.67. The lowest BCUT2D eigenvalue weighted by atomic mass is 9.98. The minimum atomic E-state index is -0.392. The molecule has 1 atom stereocenters. The zero-order chi connectivity index (χ0) is 20.2. The van der Waals surface area contributed by atoms with Gasteiger partial charge in [0, 0.05) is 43.3 Å². The van der Waals surface area contributed by atoms with Gasteiger partial charge in [0.15, 0.2) is 0 Å². The molecule has 0 bridgehead atoms. The van der Waals surface area contributed by atoms with Gasteiger partial charge in [0.25, 0.3) is 11.5 Å². The predicted octanol–water partition coefficient (Wildman–Crippen LogP) is 3.03. The maximum absolute atomic E-state index is 13.1. The Morgan fingerprint density at radius 3 is 2.79 bits per heavy atom. The van der Waals surface area contributed by atoms with E-state index in [9.17, 15) is 9.59 Å². The van der Waals surface area contributed by atoms with Gasteiger partial charge in [0.2, 0.25) is 0 Å². The summed E-state index contributed by atoms with van der Waals surface area (Å²) in [6.07, 6.45) is 8.90. The number of aromatic nitrogens is 4. The number of H-pyrrole nitrogens is 1. The lowest BCUT2D eigenvalue weighted by molar-refractivity contribution is 0.0591. The molecule has 2 aromatic heterocycles. The van der Waals surface area contributed by atoms with Crippen molar-refractivity contribution in [3.8, 4) is 11.4 Å². The number of nitrogens with zero attached hydrogens (tertiary/aromatic N) is 4. The summed E-state index contributed by atoms with van der Waals surface area (Å²) in [4.78, 5) is 34.7. The van der Waals surface area contributed by atoms with Crippen molar-refractivity contribution in [2.75, 3.05) is 6.54 Å². The molecule has 1 N–H and O–H groups in total. The van der Waals surface area contributed by atoms with E-state index in [0.29, 0.717) is 12.4 Å². The van der Waals surface area contributed by atoms with Crippen molar-refractivity contribution >= 4 is 5.91 Å². The van der Waals surface area contributed by atoms with E-state index in [0.717, 1.165) is 43.4 Å². The number of nitrogens with one attached hydrogen (secondary N) is 1. The molecule has 3 heterocycles. The molecular weight excluding hydrogens is 366 g/mol. The number of aryl methyl sites for hydroxylation is 2. The summed E-state index contributed by atoms with van der Waals surface area (Å²) in [6, 6.07) is 9.75. The third-order valence-corrected chi connectivity index (χ3v) is 5.49. The molecule has 0 aliphatic carbocycles. The van der Waals surface area contributed by atoms with E-state index in [1.807, 2.05) is 53.0 Å². The van der Waals surface area contributed by atoms with Crippen molar-refractivity contribution in [2.45, 2.75) is 45.2 Å². The Bertz CT molecular complexity index is 1020. The van der Waals surface area contributed by atoms with Gasteiger partial charge in [0.05, 0.1) is 0 Å². The summed E-state index contributed by atoms with van der Waals surface area (Å²) in [6.45, 7) is 3.42. The van der Waals surface area contributed by atoms with Gasteiger partial charge in [-0.3, -0.25) is 14.3 Å². The van der Waals surface area contributed by atoms with Crippen LogP contribution in [-0.2, 0) is 6.54 Å². The number of hydrogen-bond acceptors (Lipinski definition) is 4. The van der Waals surface area contributed by atoms with Gasteiger partial charge in [-0.15, -0.1) is 0 Å². The number of piperidine rings is 1.